The van der Waals surface area contributed by atoms with Gasteiger partial charge in [0.15, 0.2) is 6.61 Å². The number of carbonyl (C=O) groups excluding carboxylic acids is 1. The van der Waals surface area contributed by atoms with Crippen molar-refractivity contribution in [1.29, 1.82) is 0 Å². The second-order valence-corrected chi connectivity index (χ2v) is 6.05. The van der Waals surface area contributed by atoms with Crippen LogP contribution in [0.15, 0.2) is 42.5 Å². The van der Waals surface area contributed by atoms with Gasteiger partial charge >= 0.3 is 0 Å². The minimum Gasteiger partial charge on any atom is -0.484 e. The maximum atomic E-state index is 12.1. The Labute approximate surface area is 142 Å². The van der Waals surface area contributed by atoms with Gasteiger partial charge in [-0.05, 0) is 61.2 Å². The molecule has 3 nitrogen and oxygen atoms in total. The van der Waals surface area contributed by atoms with Gasteiger partial charge in [0.2, 0.25) is 0 Å². The summed E-state index contributed by atoms with van der Waals surface area (Å²) in [6, 6.07) is 13.2. The molecule has 0 bridgehead atoms. The smallest absolute Gasteiger partial charge is 0.258 e. The van der Waals surface area contributed by atoms with Crippen molar-refractivity contribution in [1.82, 2.24) is 5.32 Å². The highest BCUT2D eigenvalue weighted by molar-refractivity contribution is 6.30. The molecule has 23 heavy (non-hydrogen) atoms. The first-order valence-electron chi connectivity index (χ1n) is 7.74. The van der Waals surface area contributed by atoms with Gasteiger partial charge in [0.25, 0.3) is 5.91 Å². The number of amides is 1. The summed E-state index contributed by atoms with van der Waals surface area (Å²) >= 11 is 5.82. The fourth-order valence-electron chi connectivity index (χ4n) is 2.32. The maximum absolute atomic E-state index is 12.1. The van der Waals surface area contributed by atoms with Crippen LogP contribution in [0.4, 0.5) is 0 Å². The Bertz CT molecular complexity index is 668. The SMILES string of the molecule is CC[C@@H](NC(=O)COc1ccc(Cl)cc1)c1ccc(C)c(C)c1. The van der Waals surface area contributed by atoms with Crippen LogP contribution in [0.2, 0.25) is 5.02 Å². The molecule has 0 saturated carbocycles. The molecule has 2 aromatic rings. The highest BCUT2D eigenvalue weighted by atomic mass is 35.5. The topological polar surface area (TPSA) is 38.3 Å². The fourth-order valence-corrected chi connectivity index (χ4v) is 2.44. The predicted molar refractivity (Wildman–Crippen MR) is 94.0 cm³/mol. The molecule has 4 heteroatoms. The van der Waals surface area contributed by atoms with E-state index in [-0.39, 0.29) is 18.6 Å². The number of nitrogens with one attached hydrogen (secondary N) is 1. The molecule has 0 aliphatic heterocycles. The van der Waals surface area contributed by atoms with Gasteiger partial charge < -0.3 is 10.1 Å². The molecule has 2 rings (SSSR count). The third-order valence-corrected chi connectivity index (χ3v) is 4.11. The number of hydrogen-bond acceptors (Lipinski definition) is 2. The van der Waals surface area contributed by atoms with E-state index in [2.05, 4.69) is 44.3 Å². The number of aryl methyl sites for hydroxylation is 2. The molecular formula is C19H22ClNO2. The molecule has 0 saturated heterocycles. The zero-order valence-corrected chi connectivity index (χ0v) is 14.5. The standard InChI is InChI=1S/C19H22ClNO2/c1-4-18(15-6-5-13(2)14(3)11-15)21-19(22)12-23-17-9-7-16(20)8-10-17/h5-11,18H,4,12H2,1-3H3,(H,21,22)/t18-/m1/s1. The van der Waals surface area contributed by atoms with Crippen LogP contribution in [0.3, 0.4) is 0 Å². The van der Waals surface area contributed by atoms with E-state index in [9.17, 15) is 4.79 Å². The quantitative estimate of drug-likeness (QED) is 0.839. The van der Waals surface area contributed by atoms with E-state index in [4.69, 9.17) is 16.3 Å². The largest absolute Gasteiger partial charge is 0.484 e. The molecule has 0 aromatic heterocycles. The van der Waals surface area contributed by atoms with Crippen LogP contribution < -0.4 is 10.1 Å². The normalized spacial score (nSPS) is 11.8. The van der Waals surface area contributed by atoms with Crippen molar-refractivity contribution in [3.8, 4) is 5.75 Å². The van der Waals surface area contributed by atoms with Crippen molar-refractivity contribution in [2.24, 2.45) is 0 Å². The summed E-state index contributed by atoms with van der Waals surface area (Å²) in [5.74, 6) is 0.494. The number of halogens is 1. The Balaban J connectivity index is 1.94. The third-order valence-electron chi connectivity index (χ3n) is 3.86. The molecule has 0 fully saturated rings. The van der Waals surface area contributed by atoms with Gasteiger partial charge in [-0.3, -0.25) is 4.79 Å². The lowest BCUT2D eigenvalue weighted by molar-refractivity contribution is -0.123. The Morgan fingerprint density at radius 3 is 2.43 bits per heavy atom. The first-order valence-corrected chi connectivity index (χ1v) is 8.12. The number of ether oxygens (including phenoxy) is 1. The third kappa shape index (κ3) is 5.00. The molecule has 0 heterocycles. The first-order chi connectivity index (χ1) is 11.0. The summed E-state index contributed by atoms with van der Waals surface area (Å²) in [5, 5.41) is 3.66. The van der Waals surface area contributed by atoms with E-state index < -0.39 is 0 Å². The van der Waals surface area contributed by atoms with Crippen molar-refractivity contribution in [2.45, 2.75) is 33.2 Å². The molecule has 0 radical (unpaired) electrons. The Morgan fingerprint density at radius 1 is 1.13 bits per heavy atom. The second kappa shape index (κ2) is 8.02. The van der Waals surface area contributed by atoms with E-state index in [1.54, 1.807) is 24.3 Å². The van der Waals surface area contributed by atoms with Crippen molar-refractivity contribution in [3.63, 3.8) is 0 Å². The summed E-state index contributed by atoms with van der Waals surface area (Å²) in [5.41, 5.74) is 3.60. The number of benzene rings is 2. The Kier molecular flexibility index (Phi) is 6.05. The average Bonchev–Trinajstić information content (AvgIpc) is 2.55. The van der Waals surface area contributed by atoms with Crippen LogP contribution in [0, 0.1) is 13.8 Å². The molecule has 122 valence electrons. The summed E-state index contributed by atoms with van der Waals surface area (Å²) in [7, 11) is 0. The fraction of sp³-hybridized carbons (Fsp3) is 0.316. The summed E-state index contributed by atoms with van der Waals surface area (Å²) in [6.07, 6.45) is 0.829. The molecule has 1 amide bonds. The first kappa shape index (κ1) is 17.4. The van der Waals surface area contributed by atoms with Crippen LogP contribution in [0.5, 0.6) is 5.75 Å². The van der Waals surface area contributed by atoms with Crippen LogP contribution >= 0.6 is 11.6 Å². The predicted octanol–water partition coefficient (Wildman–Crippen LogP) is 4.60. The highest BCUT2D eigenvalue weighted by Crippen LogP contribution is 2.20. The summed E-state index contributed by atoms with van der Waals surface area (Å²) in [6.45, 7) is 6.21. The van der Waals surface area contributed by atoms with Crippen LogP contribution in [-0.4, -0.2) is 12.5 Å². The molecule has 1 atom stereocenters. The minimum atomic E-state index is -0.134. The molecule has 0 aliphatic rings. The second-order valence-electron chi connectivity index (χ2n) is 5.61. The van der Waals surface area contributed by atoms with Gasteiger partial charge in [-0.15, -0.1) is 0 Å². The molecular weight excluding hydrogens is 310 g/mol. The van der Waals surface area contributed by atoms with E-state index in [0.29, 0.717) is 10.8 Å². The molecule has 2 aromatic carbocycles. The van der Waals surface area contributed by atoms with Gasteiger partial charge in [0, 0.05) is 5.02 Å². The van der Waals surface area contributed by atoms with Gasteiger partial charge in [-0.2, -0.15) is 0 Å². The van der Waals surface area contributed by atoms with Gasteiger partial charge in [0.1, 0.15) is 5.75 Å². The lowest BCUT2D eigenvalue weighted by Crippen LogP contribution is -2.32. The van der Waals surface area contributed by atoms with Crippen molar-refractivity contribution in [3.05, 3.63) is 64.2 Å². The Morgan fingerprint density at radius 2 is 1.83 bits per heavy atom. The van der Waals surface area contributed by atoms with E-state index >= 15 is 0 Å². The van der Waals surface area contributed by atoms with E-state index in [1.807, 2.05) is 0 Å². The van der Waals surface area contributed by atoms with Gasteiger partial charge in [0.05, 0.1) is 6.04 Å². The highest BCUT2D eigenvalue weighted by Gasteiger charge is 2.13. The minimum absolute atomic E-state index is 0.00406. The average molecular weight is 332 g/mol. The van der Waals surface area contributed by atoms with Gasteiger partial charge in [-0.1, -0.05) is 36.7 Å². The van der Waals surface area contributed by atoms with Crippen molar-refractivity contribution < 1.29 is 9.53 Å². The zero-order valence-electron chi connectivity index (χ0n) is 13.7. The van der Waals surface area contributed by atoms with Crippen molar-refractivity contribution >= 4 is 17.5 Å². The lowest BCUT2D eigenvalue weighted by Gasteiger charge is -2.19. The molecule has 0 unspecified atom stereocenters. The van der Waals surface area contributed by atoms with E-state index in [0.717, 1.165) is 12.0 Å². The summed E-state index contributed by atoms with van der Waals surface area (Å²) in [4.78, 5) is 12.1. The molecule has 1 N–H and O–H groups in total. The van der Waals surface area contributed by atoms with Crippen molar-refractivity contribution in [2.75, 3.05) is 6.61 Å². The number of carbonyl (C=O) groups is 1. The van der Waals surface area contributed by atoms with E-state index in [1.165, 1.54) is 11.1 Å². The number of rotatable bonds is 6. The monoisotopic (exact) mass is 331 g/mol. The van der Waals surface area contributed by atoms with Crippen LogP contribution in [0.25, 0.3) is 0 Å². The van der Waals surface area contributed by atoms with Gasteiger partial charge in [-0.25, -0.2) is 0 Å². The van der Waals surface area contributed by atoms with Crippen LogP contribution in [0.1, 0.15) is 36.1 Å². The van der Waals surface area contributed by atoms with Crippen LogP contribution in [-0.2, 0) is 4.79 Å². The summed E-state index contributed by atoms with van der Waals surface area (Å²) < 4.78 is 5.48. The Hall–Kier alpha value is -2.00. The lowest BCUT2D eigenvalue weighted by atomic mass is 9.99. The molecule has 0 spiro atoms. The number of hydrogen-bond donors (Lipinski definition) is 1. The zero-order chi connectivity index (χ0) is 16.8. The maximum Gasteiger partial charge on any atom is 0.258 e. The molecule has 0 aliphatic carbocycles.